The summed E-state index contributed by atoms with van der Waals surface area (Å²) in [5, 5.41) is -0.0884. The number of sulfonamides is 1. The van der Waals surface area contributed by atoms with E-state index in [1.54, 1.807) is 45.9 Å². The number of piperidine rings is 1. The van der Waals surface area contributed by atoms with E-state index in [1.807, 2.05) is 0 Å². The maximum absolute atomic E-state index is 15.8. The number of likely N-dealkylation sites (tertiary alicyclic amines) is 1. The lowest BCUT2D eigenvalue weighted by atomic mass is 9.81. The van der Waals surface area contributed by atoms with Gasteiger partial charge in [0.1, 0.15) is 40.0 Å². The van der Waals surface area contributed by atoms with Crippen LogP contribution in [0.3, 0.4) is 0 Å². The Morgan fingerprint density at radius 2 is 1.86 bits per heavy atom. The summed E-state index contributed by atoms with van der Waals surface area (Å²) in [4.78, 5) is 17.4. The van der Waals surface area contributed by atoms with Gasteiger partial charge < -0.3 is 23.8 Å². The van der Waals surface area contributed by atoms with E-state index in [0.29, 0.717) is 47.7 Å². The third-order valence-corrected chi connectivity index (χ3v) is 10.5. The third kappa shape index (κ3) is 9.82. The molecule has 0 saturated carbocycles. The highest BCUT2D eigenvalue weighted by atomic mass is 32.2. The van der Waals surface area contributed by atoms with Gasteiger partial charge in [-0.3, -0.25) is 0 Å². The molecule has 1 amide bonds. The molecule has 11 nitrogen and oxygen atoms in total. The molecule has 0 N–H and O–H groups in total. The molecule has 276 valence electrons. The monoisotopic (exact) mass is 750 g/mol. The summed E-state index contributed by atoms with van der Waals surface area (Å²) < 4.78 is 99.8. The predicted molar refractivity (Wildman–Crippen MR) is 187 cm³/mol. The number of carbonyl (C=O) groups is 1. The Morgan fingerprint density at radius 1 is 1.12 bits per heavy atom. The third-order valence-electron chi connectivity index (χ3n) is 7.97. The highest BCUT2D eigenvalue weighted by Gasteiger charge is 2.36. The lowest BCUT2D eigenvalue weighted by Gasteiger charge is -2.39. The van der Waals surface area contributed by atoms with Crippen LogP contribution < -0.4 is 18.5 Å². The second-order valence-electron chi connectivity index (χ2n) is 12.6. The molecule has 0 spiro atoms. The standard InChI is InChI=1S/C35H41F3N4O7S2/c1-8-25(36)11-9-22(2)27-13-14-41(34(43)49-35(3,4)5)18-24(27)20-48-31-16-29(38)32(17-28(31)37)51(44,45)42(33-39-21-40-50-33)19-23-10-12-26(46-6)15-30(23)47-7/h8-12,15-17,21,24,27H,2,13-14,18-20H2,1,3-7H3/b11-9-,25-8+/t24-,27-/m0/s1. The number of aromatic nitrogens is 2. The molecule has 1 aliphatic heterocycles. The van der Waals surface area contributed by atoms with Gasteiger partial charge in [0, 0.05) is 54.3 Å². The summed E-state index contributed by atoms with van der Waals surface area (Å²) in [5.74, 6) is -3.46. The van der Waals surface area contributed by atoms with Gasteiger partial charge >= 0.3 is 6.09 Å². The Morgan fingerprint density at radius 3 is 2.49 bits per heavy atom. The molecular formula is C35H41F3N4O7S2. The van der Waals surface area contributed by atoms with Gasteiger partial charge in [0.15, 0.2) is 11.6 Å². The summed E-state index contributed by atoms with van der Waals surface area (Å²) in [5.41, 5.74) is 0.207. The van der Waals surface area contributed by atoms with Gasteiger partial charge in [-0.05, 0) is 58.2 Å². The van der Waals surface area contributed by atoms with Crippen LogP contribution in [0.2, 0.25) is 0 Å². The number of halogens is 3. The quantitative estimate of drug-likeness (QED) is 0.164. The number of benzene rings is 2. The maximum Gasteiger partial charge on any atom is 0.410 e. The molecule has 1 aromatic heterocycles. The van der Waals surface area contributed by atoms with Crippen molar-refractivity contribution >= 4 is 32.8 Å². The number of hydrogen-bond donors (Lipinski definition) is 0. The number of rotatable bonds is 13. The van der Waals surface area contributed by atoms with E-state index in [1.165, 1.54) is 37.3 Å². The van der Waals surface area contributed by atoms with E-state index in [-0.39, 0.29) is 30.7 Å². The zero-order valence-electron chi connectivity index (χ0n) is 29.2. The van der Waals surface area contributed by atoms with Crippen LogP contribution in [-0.2, 0) is 21.3 Å². The first kappa shape index (κ1) is 39.2. The van der Waals surface area contributed by atoms with E-state index in [0.717, 1.165) is 22.2 Å². The molecule has 0 radical (unpaired) electrons. The molecule has 2 atom stereocenters. The molecule has 0 bridgehead atoms. The van der Waals surface area contributed by atoms with Crippen molar-refractivity contribution in [1.29, 1.82) is 0 Å². The Bertz CT molecular complexity index is 1880. The van der Waals surface area contributed by atoms with Gasteiger partial charge in [0.05, 0.1) is 27.4 Å². The molecular weight excluding hydrogens is 710 g/mol. The number of carbonyl (C=O) groups excluding carboxylic acids is 1. The van der Waals surface area contributed by atoms with Crippen LogP contribution >= 0.6 is 11.5 Å². The normalized spacial score (nSPS) is 17.0. The number of anilines is 1. The molecule has 16 heteroatoms. The van der Waals surface area contributed by atoms with Crippen LogP contribution in [0.15, 0.2) is 77.8 Å². The van der Waals surface area contributed by atoms with Gasteiger partial charge in [-0.1, -0.05) is 24.3 Å². The average Bonchev–Trinajstić information content (AvgIpc) is 3.63. The van der Waals surface area contributed by atoms with Crippen molar-refractivity contribution in [1.82, 2.24) is 14.3 Å². The van der Waals surface area contributed by atoms with Crippen molar-refractivity contribution in [2.45, 2.75) is 51.2 Å². The molecule has 1 fully saturated rings. The van der Waals surface area contributed by atoms with Gasteiger partial charge in [-0.15, -0.1) is 0 Å². The Labute approximate surface area is 300 Å². The number of nitrogens with zero attached hydrogens (tertiary/aromatic N) is 4. The van der Waals surface area contributed by atoms with Crippen molar-refractivity contribution in [3.63, 3.8) is 0 Å². The Hall–Kier alpha value is -4.57. The van der Waals surface area contributed by atoms with Crippen molar-refractivity contribution in [2.75, 3.05) is 38.2 Å². The van der Waals surface area contributed by atoms with Crippen LogP contribution in [-0.4, -0.2) is 68.3 Å². The first-order valence-electron chi connectivity index (χ1n) is 15.9. The maximum atomic E-state index is 15.8. The summed E-state index contributed by atoms with van der Waals surface area (Å²) in [6, 6.07) is 5.95. The van der Waals surface area contributed by atoms with Crippen molar-refractivity contribution in [2.24, 2.45) is 11.8 Å². The van der Waals surface area contributed by atoms with Gasteiger partial charge in [-0.25, -0.2) is 35.7 Å². The summed E-state index contributed by atoms with van der Waals surface area (Å²) >= 11 is 0.750. The molecule has 4 rings (SSSR count). The topological polar surface area (TPSA) is 120 Å². The molecule has 2 heterocycles. The number of allylic oxidation sites excluding steroid dienone is 5. The molecule has 2 aromatic carbocycles. The van der Waals surface area contributed by atoms with Crippen LogP contribution in [0.5, 0.6) is 17.2 Å². The fourth-order valence-corrected chi connectivity index (χ4v) is 7.58. The SMILES string of the molecule is C=C(/C=C\C(F)=C/C)[C@@H]1CCN(C(=O)OC(C)(C)C)C[C@H]1COc1cc(F)c(S(=O)(=O)N(Cc2ccc(OC)cc2OC)c2ncns2)cc1F. The van der Waals surface area contributed by atoms with Crippen LogP contribution in [0.4, 0.5) is 23.1 Å². The Kier molecular flexibility index (Phi) is 12.8. The van der Waals surface area contributed by atoms with Gasteiger partial charge in [0.25, 0.3) is 10.0 Å². The molecule has 0 aliphatic carbocycles. The van der Waals surface area contributed by atoms with Crippen LogP contribution in [0.25, 0.3) is 0 Å². The summed E-state index contributed by atoms with van der Waals surface area (Å²) in [6.07, 6.45) is 5.10. The molecule has 0 unspecified atom stereocenters. The second-order valence-corrected chi connectivity index (χ2v) is 15.2. The first-order valence-corrected chi connectivity index (χ1v) is 18.1. The zero-order valence-corrected chi connectivity index (χ0v) is 30.8. The minimum atomic E-state index is -4.76. The van der Waals surface area contributed by atoms with E-state index in [2.05, 4.69) is 15.9 Å². The van der Waals surface area contributed by atoms with E-state index >= 15 is 8.78 Å². The fourth-order valence-electron chi connectivity index (χ4n) is 5.39. The molecule has 1 saturated heterocycles. The summed E-state index contributed by atoms with van der Waals surface area (Å²) in [6.45, 7) is 10.7. The molecule has 1 aliphatic rings. The number of amides is 1. The number of ether oxygens (including phenoxy) is 4. The highest BCUT2D eigenvalue weighted by molar-refractivity contribution is 7.93. The van der Waals surface area contributed by atoms with Gasteiger partial charge in [-0.2, -0.15) is 4.37 Å². The van der Waals surface area contributed by atoms with Crippen molar-refractivity contribution in [3.05, 3.63) is 90.1 Å². The zero-order chi connectivity index (χ0) is 37.5. The minimum Gasteiger partial charge on any atom is -0.497 e. The van der Waals surface area contributed by atoms with Crippen LogP contribution in [0.1, 0.15) is 39.7 Å². The van der Waals surface area contributed by atoms with Crippen LogP contribution in [0, 0.1) is 23.5 Å². The number of hydrogen-bond acceptors (Lipinski definition) is 10. The number of methoxy groups -OCH3 is 2. The lowest BCUT2D eigenvalue weighted by Crippen LogP contribution is -2.47. The first-order chi connectivity index (χ1) is 24.1. The van der Waals surface area contributed by atoms with Crippen molar-refractivity contribution < 1.29 is 45.3 Å². The lowest BCUT2D eigenvalue weighted by molar-refractivity contribution is 0.00843. The van der Waals surface area contributed by atoms with Crippen molar-refractivity contribution in [3.8, 4) is 17.2 Å². The Balaban J connectivity index is 1.61. The fraction of sp³-hybridized carbons (Fsp3) is 0.400. The average molecular weight is 751 g/mol. The largest absolute Gasteiger partial charge is 0.497 e. The predicted octanol–water partition coefficient (Wildman–Crippen LogP) is 7.47. The molecule has 51 heavy (non-hydrogen) atoms. The minimum absolute atomic E-state index is 0.0884. The second kappa shape index (κ2) is 16.6. The van der Waals surface area contributed by atoms with E-state index in [4.69, 9.17) is 18.9 Å². The van der Waals surface area contributed by atoms with E-state index in [9.17, 15) is 17.6 Å². The highest BCUT2D eigenvalue weighted by Crippen LogP contribution is 2.36. The van der Waals surface area contributed by atoms with E-state index < -0.39 is 55.7 Å². The smallest absolute Gasteiger partial charge is 0.410 e. The summed E-state index contributed by atoms with van der Waals surface area (Å²) in [7, 11) is -1.90. The van der Waals surface area contributed by atoms with Gasteiger partial charge in [0.2, 0.25) is 5.13 Å². The molecule has 3 aromatic rings.